The van der Waals surface area contributed by atoms with Crippen molar-refractivity contribution in [3.63, 3.8) is 0 Å². The molecule has 0 heterocycles. The average Bonchev–Trinajstić information content (AvgIpc) is 3.41. The lowest BCUT2D eigenvalue weighted by Crippen LogP contribution is -2.16. The molecule has 236 valence electrons. The molecular formula is C49H35N. The Morgan fingerprint density at radius 1 is 0.380 bits per heavy atom. The maximum Gasteiger partial charge on any atom is 0.0543 e. The van der Waals surface area contributed by atoms with E-state index in [1.807, 2.05) is 0 Å². The van der Waals surface area contributed by atoms with Gasteiger partial charge in [0.25, 0.3) is 0 Å². The summed E-state index contributed by atoms with van der Waals surface area (Å²) in [7, 11) is 0. The molecule has 1 aliphatic carbocycles. The van der Waals surface area contributed by atoms with Crippen molar-refractivity contribution in [2.75, 3.05) is 4.90 Å². The molecule has 0 bridgehead atoms. The number of benzene rings is 9. The average molecular weight is 638 g/mol. The van der Waals surface area contributed by atoms with E-state index in [2.05, 4.69) is 195 Å². The van der Waals surface area contributed by atoms with Gasteiger partial charge in [-0.3, -0.25) is 0 Å². The molecule has 0 aromatic heterocycles. The minimum absolute atomic E-state index is 0.110. The highest BCUT2D eigenvalue weighted by Gasteiger charge is 2.38. The molecule has 1 heteroatoms. The number of hydrogen-bond acceptors (Lipinski definition) is 1. The summed E-state index contributed by atoms with van der Waals surface area (Å²) in [6, 6.07) is 65.1. The Morgan fingerprint density at radius 3 is 1.76 bits per heavy atom. The number of nitrogens with zero attached hydrogens (tertiary/aromatic N) is 1. The first-order valence-corrected chi connectivity index (χ1v) is 17.5. The molecule has 50 heavy (non-hydrogen) atoms. The highest BCUT2D eigenvalue weighted by atomic mass is 15.1. The number of fused-ring (bicyclic) bond motifs is 9. The Labute approximate surface area is 292 Å². The number of anilines is 3. The van der Waals surface area contributed by atoms with Gasteiger partial charge in [-0.2, -0.15) is 0 Å². The molecule has 0 saturated carbocycles. The molecule has 0 amide bonds. The third kappa shape index (κ3) is 4.20. The van der Waals surface area contributed by atoms with E-state index < -0.39 is 0 Å². The molecule has 10 rings (SSSR count). The fourth-order valence-corrected chi connectivity index (χ4v) is 8.64. The van der Waals surface area contributed by atoms with Gasteiger partial charge in [0.15, 0.2) is 0 Å². The van der Waals surface area contributed by atoms with Crippen LogP contribution in [0.5, 0.6) is 0 Å². The number of para-hydroxylation sites is 1. The smallest absolute Gasteiger partial charge is 0.0543 e. The van der Waals surface area contributed by atoms with Gasteiger partial charge in [-0.15, -0.1) is 0 Å². The van der Waals surface area contributed by atoms with Gasteiger partial charge in [0, 0.05) is 22.2 Å². The summed E-state index contributed by atoms with van der Waals surface area (Å²) >= 11 is 0. The molecule has 0 N–H and O–H groups in total. The first-order chi connectivity index (χ1) is 24.6. The number of hydrogen-bond donors (Lipinski definition) is 0. The zero-order valence-electron chi connectivity index (χ0n) is 28.2. The van der Waals surface area contributed by atoms with Crippen molar-refractivity contribution in [3.8, 4) is 22.3 Å². The van der Waals surface area contributed by atoms with Gasteiger partial charge in [0.2, 0.25) is 0 Å². The lowest BCUT2D eigenvalue weighted by atomic mass is 9.82. The zero-order valence-corrected chi connectivity index (χ0v) is 28.2. The highest BCUT2D eigenvalue weighted by molar-refractivity contribution is 6.21. The second-order valence-corrected chi connectivity index (χ2v) is 14.1. The van der Waals surface area contributed by atoms with Crippen LogP contribution in [-0.4, -0.2) is 0 Å². The molecule has 1 aliphatic rings. The summed E-state index contributed by atoms with van der Waals surface area (Å²) in [4.78, 5) is 2.53. The Hall–Kier alpha value is -6.18. The van der Waals surface area contributed by atoms with Crippen molar-refractivity contribution < 1.29 is 0 Å². The quantitative estimate of drug-likeness (QED) is 0.174. The van der Waals surface area contributed by atoms with Gasteiger partial charge in [0.1, 0.15) is 0 Å². The van der Waals surface area contributed by atoms with Crippen LogP contribution in [0.1, 0.15) is 25.0 Å². The summed E-state index contributed by atoms with van der Waals surface area (Å²) in [6.07, 6.45) is 0. The van der Waals surface area contributed by atoms with Crippen molar-refractivity contribution in [2.24, 2.45) is 0 Å². The minimum Gasteiger partial charge on any atom is -0.309 e. The van der Waals surface area contributed by atoms with Crippen LogP contribution in [0.15, 0.2) is 176 Å². The van der Waals surface area contributed by atoms with Crippen molar-refractivity contribution in [1.29, 1.82) is 0 Å². The van der Waals surface area contributed by atoms with Crippen molar-refractivity contribution >= 4 is 60.2 Å². The molecule has 9 aromatic carbocycles. The molecular weight excluding hydrogens is 603 g/mol. The first kappa shape index (κ1) is 28.8. The SMILES string of the molecule is CC1(C)c2ccccc2-c2c(N(c3ccc4ccc5ccc6ccccc6c5c4c3)c3ccccc3-c3cccc4ccccc34)cccc21. The fourth-order valence-electron chi connectivity index (χ4n) is 8.64. The molecule has 0 unspecified atom stereocenters. The molecule has 0 atom stereocenters. The molecule has 0 fully saturated rings. The monoisotopic (exact) mass is 637 g/mol. The van der Waals surface area contributed by atoms with Crippen LogP contribution in [-0.2, 0) is 5.41 Å². The van der Waals surface area contributed by atoms with Crippen LogP contribution in [0.4, 0.5) is 17.1 Å². The van der Waals surface area contributed by atoms with Gasteiger partial charge in [0.05, 0.1) is 11.4 Å². The maximum atomic E-state index is 2.53. The molecule has 0 radical (unpaired) electrons. The van der Waals surface area contributed by atoms with Crippen LogP contribution in [0.3, 0.4) is 0 Å². The van der Waals surface area contributed by atoms with E-state index in [1.165, 1.54) is 82.2 Å². The van der Waals surface area contributed by atoms with Crippen LogP contribution in [0.2, 0.25) is 0 Å². The Balaban J connectivity index is 1.32. The minimum atomic E-state index is -0.110. The maximum absolute atomic E-state index is 2.53. The molecule has 0 spiro atoms. The van der Waals surface area contributed by atoms with Crippen LogP contribution in [0, 0.1) is 0 Å². The van der Waals surface area contributed by atoms with Crippen LogP contribution >= 0.6 is 0 Å². The summed E-state index contributed by atoms with van der Waals surface area (Å²) in [5.74, 6) is 0. The second kappa shape index (κ2) is 10.9. The van der Waals surface area contributed by atoms with E-state index in [1.54, 1.807) is 0 Å². The lowest BCUT2D eigenvalue weighted by molar-refractivity contribution is 0.660. The normalized spacial score (nSPS) is 13.2. The van der Waals surface area contributed by atoms with E-state index in [4.69, 9.17) is 0 Å². The molecule has 0 aliphatic heterocycles. The summed E-state index contributed by atoms with van der Waals surface area (Å²) in [6.45, 7) is 4.73. The molecule has 1 nitrogen and oxygen atoms in total. The largest absolute Gasteiger partial charge is 0.309 e. The van der Waals surface area contributed by atoms with E-state index in [9.17, 15) is 0 Å². The second-order valence-electron chi connectivity index (χ2n) is 14.1. The Kier molecular flexibility index (Phi) is 6.29. The highest BCUT2D eigenvalue weighted by Crippen LogP contribution is 2.55. The topological polar surface area (TPSA) is 3.24 Å². The fraction of sp³-hybridized carbons (Fsp3) is 0.0612. The standard InChI is InChI=1S/C49H35N/c1-49(2)43-21-9-7-19-41(43)48-44(49)22-12-24-46(48)50(45-23-10-8-18-40(45)39-20-11-15-32-13-3-5-16-37(32)39)36-30-29-34-26-28-35-27-25-33-14-4-6-17-38(33)47(35)42(34)31-36/h3-31H,1-2H3. The Morgan fingerprint density at radius 2 is 0.920 bits per heavy atom. The van der Waals surface area contributed by atoms with Gasteiger partial charge in [-0.05, 0) is 89.6 Å². The lowest BCUT2D eigenvalue weighted by Gasteiger charge is -2.31. The molecule has 0 saturated heterocycles. The predicted octanol–water partition coefficient (Wildman–Crippen LogP) is 13.7. The Bertz CT molecular complexity index is 2790. The van der Waals surface area contributed by atoms with Crippen LogP contribution < -0.4 is 4.90 Å². The van der Waals surface area contributed by atoms with Crippen molar-refractivity contribution in [1.82, 2.24) is 0 Å². The number of rotatable bonds is 4. The molecule has 9 aromatic rings. The van der Waals surface area contributed by atoms with E-state index in [0.29, 0.717) is 0 Å². The summed E-state index contributed by atoms with van der Waals surface area (Å²) < 4.78 is 0. The van der Waals surface area contributed by atoms with Crippen molar-refractivity contribution in [2.45, 2.75) is 19.3 Å². The van der Waals surface area contributed by atoms with Gasteiger partial charge < -0.3 is 4.90 Å². The zero-order chi connectivity index (χ0) is 33.4. The van der Waals surface area contributed by atoms with Crippen LogP contribution in [0.25, 0.3) is 65.3 Å². The first-order valence-electron chi connectivity index (χ1n) is 17.5. The van der Waals surface area contributed by atoms with Gasteiger partial charge >= 0.3 is 0 Å². The summed E-state index contributed by atoms with van der Waals surface area (Å²) in [5.41, 5.74) is 11.2. The van der Waals surface area contributed by atoms with E-state index in [0.717, 1.165) is 11.4 Å². The van der Waals surface area contributed by atoms with E-state index in [-0.39, 0.29) is 5.41 Å². The third-order valence-electron chi connectivity index (χ3n) is 11.0. The van der Waals surface area contributed by atoms with Crippen molar-refractivity contribution in [3.05, 3.63) is 187 Å². The summed E-state index contributed by atoms with van der Waals surface area (Å²) in [5, 5.41) is 10.1. The third-order valence-corrected chi connectivity index (χ3v) is 11.0. The van der Waals surface area contributed by atoms with E-state index >= 15 is 0 Å². The van der Waals surface area contributed by atoms with Gasteiger partial charge in [-0.1, -0.05) is 166 Å². The predicted molar refractivity (Wildman–Crippen MR) is 214 cm³/mol. The van der Waals surface area contributed by atoms with Gasteiger partial charge in [-0.25, -0.2) is 0 Å².